The molecule has 0 bridgehead atoms. The van der Waals surface area contributed by atoms with Gasteiger partial charge < -0.3 is 10.6 Å². The van der Waals surface area contributed by atoms with E-state index in [9.17, 15) is 4.79 Å². The second-order valence-electron chi connectivity index (χ2n) is 5.01. The maximum Gasteiger partial charge on any atom is 0.221 e. The fraction of sp³-hybridized carbons (Fsp3) is 0.923. The highest BCUT2D eigenvalue weighted by Gasteiger charge is 2.20. The van der Waals surface area contributed by atoms with Crippen LogP contribution in [0.3, 0.4) is 0 Å². The van der Waals surface area contributed by atoms with Gasteiger partial charge in [0.25, 0.3) is 0 Å². The van der Waals surface area contributed by atoms with Crippen LogP contribution >= 0.6 is 0 Å². The van der Waals surface area contributed by atoms with Crippen molar-refractivity contribution in [1.82, 2.24) is 10.6 Å². The Morgan fingerprint density at radius 2 is 2.00 bits per heavy atom. The monoisotopic (exact) mass is 226 g/mol. The lowest BCUT2D eigenvalue weighted by Crippen LogP contribution is -2.30. The third kappa shape index (κ3) is 4.97. The maximum atomic E-state index is 11.4. The molecule has 0 aromatic rings. The van der Waals surface area contributed by atoms with Crippen molar-refractivity contribution in [2.24, 2.45) is 11.8 Å². The molecule has 0 radical (unpaired) electrons. The van der Waals surface area contributed by atoms with Crippen molar-refractivity contribution in [2.45, 2.75) is 45.4 Å². The second kappa shape index (κ2) is 7.66. The Kier molecular flexibility index (Phi) is 6.46. The quantitative estimate of drug-likeness (QED) is 0.726. The number of hydrogen-bond donors (Lipinski definition) is 2. The number of carbonyl (C=O) groups excluding carboxylic acids is 1. The normalized spacial score (nSPS) is 25.4. The molecule has 94 valence electrons. The molecule has 0 aromatic heterocycles. The third-order valence-electron chi connectivity index (χ3n) is 3.73. The first-order chi connectivity index (χ1) is 7.74. The molecule has 2 N–H and O–H groups in total. The smallest absolute Gasteiger partial charge is 0.221 e. The van der Waals surface area contributed by atoms with Crippen molar-refractivity contribution >= 4 is 5.91 Å². The van der Waals surface area contributed by atoms with Gasteiger partial charge in [-0.1, -0.05) is 32.6 Å². The molecule has 1 amide bonds. The standard InChI is InChI=1S/C13H26N2O/c1-11-5-3-4-6-12(11)7-10-15-13(16)8-9-14-2/h11-12,14H,3-10H2,1-2H3,(H,15,16). The predicted octanol–water partition coefficient (Wildman–Crippen LogP) is 1.93. The minimum atomic E-state index is 0.179. The Morgan fingerprint density at radius 3 is 2.69 bits per heavy atom. The van der Waals surface area contributed by atoms with Gasteiger partial charge in [0.05, 0.1) is 0 Å². The molecule has 1 saturated carbocycles. The molecule has 2 unspecified atom stereocenters. The highest BCUT2D eigenvalue weighted by molar-refractivity contribution is 5.75. The lowest BCUT2D eigenvalue weighted by atomic mass is 9.79. The summed E-state index contributed by atoms with van der Waals surface area (Å²) in [6, 6.07) is 0. The van der Waals surface area contributed by atoms with Crippen molar-refractivity contribution in [3.8, 4) is 0 Å². The minimum absolute atomic E-state index is 0.179. The highest BCUT2D eigenvalue weighted by atomic mass is 16.1. The van der Waals surface area contributed by atoms with Crippen molar-refractivity contribution in [1.29, 1.82) is 0 Å². The van der Waals surface area contributed by atoms with E-state index in [2.05, 4.69) is 17.6 Å². The van der Waals surface area contributed by atoms with Crippen LogP contribution in [-0.2, 0) is 4.79 Å². The van der Waals surface area contributed by atoms with Gasteiger partial charge in [-0.2, -0.15) is 0 Å². The molecule has 0 heterocycles. The van der Waals surface area contributed by atoms with Crippen LogP contribution in [0.15, 0.2) is 0 Å². The molecule has 3 heteroatoms. The molecule has 0 saturated heterocycles. The Hall–Kier alpha value is -0.570. The van der Waals surface area contributed by atoms with Crippen LogP contribution < -0.4 is 10.6 Å². The molecule has 1 aliphatic carbocycles. The topological polar surface area (TPSA) is 41.1 Å². The van der Waals surface area contributed by atoms with Gasteiger partial charge in [0, 0.05) is 19.5 Å². The molecule has 16 heavy (non-hydrogen) atoms. The molecular formula is C13H26N2O. The van der Waals surface area contributed by atoms with E-state index in [1.54, 1.807) is 0 Å². The average Bonchev–Trinajstić information content (AvgIpc) is 2.29. The molecule has 1 rings (SSSR count). The van der Waals surface area contributed by atoms with Gasteiger partial charge in [-0.3, -0.25) is 4.79 Å². The van der Waals surface area contributed by atoms with Crippen LogP contribution in [0.2, 0.25) is 0 Å². The highest BCUT2D eigenvalue weighted by Crippen LogP contribution is 2.31. The maximum absolute atomic E-state index is 11.4. The second-order valence-corrected chi connectivity index (χ2v) is 5.01. The van der Waals surface area contributed by atoms with Crippen molar-refractivity contribution in [3.05, 3.63) is 0 Å². The van der Waals surface area contributed by atoms with Gasteiger partial charge in [0.1, 0.15) is 0 Å². The predicted molar refractivity (Wildman–Crippen MR) is 67.3 cm³/mol. The zero-order chi connectivity index (χ0) is 11.8. The number of carbonyl (C=O) groups is 1. The van der Waals surface area contributed by atoms with Crippen LogP contribution in [-0.4, -0.2) is 26.0 Å². The molecule has 1 fully saturated rings. The molecule has 0 aromatic carbocycles. The Morgan fingerprint density at radius 1 is 1.25 bits per heavy atom. The van der Waals surface area contributed by atoms with E-state index in [0.717, 1.165) is 31.3 Å². The average molecular weight is 226 g/mol. The van der Waals surface area contributed by atoms with Gasteiger partial charge in [0.2, 0.25) is 5.91 Å². The molecule has 1 aliphatic rings. The van der Waals surface area contributed by atoms with E-state index < -0.39 is 0 Å². The van der Waals surface area contributed by atoms with Crippen molar-refractivity contribution in [3.63, 3.8) is 0 Å². The first-order valence-electron chi connectivity index (χ1n) is 6.65. The van der Waals surface area contributed by atoms with Gasteiger partial charge in [-0.25, -0.2) is 0 Å². The first kappa shape index (κ1) is 13.5. The number of hydrogen-bond acceptors (Lipinski definition) is 2. The Bertz CT molecular complexity index is 206. The van der Waals surface area contributed by atoms with Crippen LogP contribution in [0, 0.1) is 11.8 Å². The number of rotatable bonds is 6. The van der Waals surface area contributed by atoms with Gasteiger partial charge in [0.15, 0.2) is 0 Å². The summed E-state index contributed by atoms with van der Waals surface area (Å²) in [4.78, 5) is 11.4. The zero-order valence-electron chi connectivity index (χ0n) is 10.7. The third-order valence-corrected chi connectivity index (χ3v) is 3.73. The van der Waals surface area contributed by atoms with E-state index in [4.69, 9.17) is 0 Å². The lowest BCUT2D eigenvalue weighted by Gasteiger charge is -2.28. The van der Waals surface area contributed by atoms with Crippen LogP contribution in [0.25, 0.3) is 0 Å². The fourth-order valence-electron chi connectivity index (χ4n) is 2.55. The number of nitrogens with one attached hydrogen (secondary N) is 2. The summed E-state index contributed by atoms with van der Waals surface area (Å²) in [5.74, 6) is 1.86. The molecular weight excluding hydrogens is 200 g/mol. The summed E-state index contributed by atoms with van der Waals surface area (Å²) in [6.45, 7) is 3.98. The van der Waals surface area contributed by atoms with Gasteiger partial charge >= 0.3 is 0 Å². The summed E-state index contributed by atoms with van der Waals surface area (Å²) in [5, 5.41) is 5.99. The van der Waals surface area contributed by atoms with Crippen LogP contribution in [0.1, 0.15) is 45.4 Å². The SMILES string of the molecule is CNCCC(=O)NCCC1CCCCC1C. The summed E-state index contributed by atoms with van der Waals surface area (Å²) < 4.78 is 0. The Labute approximate surface area is 99.4 Å². The van der Waals surface area contributed by atoms with Crippen molar-refractivity contribution < 1.29 is 4.79 Å². The van der Waals surface area contributed by atoms with Gasteiger partial charge in [-0.15, -0.1) is 0 Å². The van der Waals surface area contributed by atoms with Crippen LogP contribution in [0.5, 0.6) is 0 Å². The van der Waals surface area contributed by atoms with E-state index >= 15 is 0 Å². The molecule has 0 spiro atoms. The minimum Gasteiger partial charge on any atom is -0.356 e. The molecule has 3 nitrogen and oxygen atoms in total. The van der Waals surface area contributed by atoms with Crippen molar-refractivity contribution in [2.75, 3.05) is 20.1 Å². The van der Waals surface area contributed by atoms with E-state index in [0.29, 0.717) is 6.42 Å². The van der Waals surface area contributed by atoms with E-state index in [1.807, 2.05) is 7.05 Å². The zero-order valence-corrected chi connectivity index (χ0v) is 10.7. The van der Waals surface area contributed by atoms with E-state index in [-0.39, 0.29) is 5.91 Å². The summed E-state index contributed by atoms with van der Waals surface area (Å²) >= 11 is 0. The summed E-state index contributed by atoms with van der Waals surface area (Å²) in [6.07, 6.45) is 7.25. The molecule has 0 aliphatic heterocycles. The lowest BCUT2D eigenvalue weighted by molar-refractivity contribution is -0.121. The first-order valence-corrected chi connectivity index (χ1v) is 6.65. The number of amides is 1. The van der Waals surface area contributed by atoms with Gasteiger partial charge in [-0.05, 0) is 25.3 Å². The van der Waals surface area contributed by atoms with E-state index in [1.165, 1.54) is 25.7 Å². The fourth-order valence-corrected chi connectivity index (χ4v) is 2.55. The largest absolute Gasteiger partial charge is 0.356 e. The molecule has 2 atom stereocenters. The summed E-state index contributed by atoms with van der Waals surface area (Å²) in [5.41, 5.74) is 0. The van der Waals surface area contributed by atoms with Crippen LogP contribution in [0.4, 0.5) is 0 Å². The Balaban J connectivity index is 2.07. The summed E-state index contributed by atoms with van der Waals surface area (Å²) in [7, 11) is 1.87.